The van der Waals surface area contributed by atoms with Gasteiger partial charge in [0.15, 0.2) is 0 Å². The Labute approximate surface area is 144 Å². The first-order valence-corrected chi connectivity index (χ1v) is 8.78. The van der Waals surface area contributed by atoms with Crippen LogP contribution in [0.25, 0.3) is 6.08 Å². The standard InChI is InChI=1S/C19H17FN2OS/c20-14-9-6-13(7-10-14)8-11-18(23)22-19-16(12-21)15-4-2-1-3-5-17(15)24-19/h6-11H,1-5H2,(H,22,23)/b11-8-. The van der Waals surface area contributed by atoms with E-state index in [4.69, 9.17) is 0 Å². The minimum atomic E-state index is -0.310. The second-order valence-corrected chi connectivity index (χ2v) is 6.86. The van der Waals surface area contributed by atoms with Crippen LogP contribution in [0, 0.1) is 17.1 Å². The predicted octanol–water partition coefficient (Wildman–Crippen LogP) is 4.68. The Hall–Kier alpha value is -2.45. The molecule has 0 bridgehead atoms. The SMILES string of the molecule is N#Cc1c(NC(=O)/C=C\c2ccc(F)cc2)sc2c1CCCCC2. The second-order valence-electron chi connectivity index (χ2n) is 5.75. The van der Waals surface area contributed by atoms with Crippen molar-refractivity contribution in [3.8, 4) is 6.07 Å². The van der Waals surface area contributed by atoms with E-state index in [0.29, 0.717) is 10.6 Å². The number of fused-ring (bicyclic) bond motifs is 1. The number of halogens is 1. The van der Waals surface area contributed by atoms with Crippen molar-refractivity contribution < 1.29 is 9.18 Å². The molecule has 1 heterocycles. The minimum absolute atomic E-state index is 0.285. The van der Waals surface area contributed by atoms with Gasteiger partial charge in [-0.1, -0.05) is 18.6 Å². The third-order valence-electron chi connectivity index (χ3n) is 4.07. The van der Waals surface area contributed by atoms with Crippen LogP contribution in [0.15, 0.2) is 30.3 Å². The lowest BCUT2D eigenvalue weighted by molar-refractivity contribution is -0.111. The predicted molar refractivity (Wildman–Crippen MR) is 94.4 cm³/mol. The monoisotopic (exact) mass is 340 g/mol. The van der Waals surface area contributed by atoms with Crippen LogP contribution >= 0.6 is 11.3 Å². The molecule has 122 valence electrons. The summed E-state index contributed by atoms with van der Waals surface area (Å²) in [5.74, 6) is -0.595. The summed E-state index contributed by atoms with van der Waals surface area (Å²) in [5.41, 5.74) is 2.47. The van der Waals surface area contributed by atoms with Gasteiger partial charge >= 0.3 is 0 Å². The van der Waals surface area contributed by atoms with Gasteiger partial charge in [-0.3, -0.25) is 4.79 Å². The van der Waals surface area contributed by atoms with Crippen LogP contribution in [0.1, 0.15) is 40.8 Å². The van der Waals surface area contributed by atoms with E-state index in [9.17, 15) is 14.4 Å². The van der Waals surface area contributed by atoms with Gasteiger partial charge in [-0.15, -0.1) is 11.3 Å². The molecule has 1 aliphatic rings. The molecule has 24 heavy (non-hydrogen) atoms. The van der Waals surface area contributed by atoms with Crippen molar-refractivity contribution in [2.24, 2.45) is 0 Å². The van der Waals surface area contributed by atoms with Gasteiger partial charge in [0.25, 0.3) is 0 Å². The summed E-state index contributed by atoms with van der Waals surface area (Å²) in [5, 5.41) is 12.9. The Balaban J connectivity index is 1.75. The number of thiophene rings is 1. The highest BCUT2D eigenvalue weighted by atomic mass is 32.1. The van der Waals surface area contributed by atoms with Crippen LogP contribution in [0.5, 0.6) is 0 Å². The summed E-state index contributed by atoms with van der Waals surface area (Å²) in [4.78, 5) is 13.4. The average molecular weight is 340 g/mol. The second kappa shape index (κ2) is 7.41. The Kier molecular flexibility index (Phi) is 5.07. The van der Waals surface area contributed by atoms with Gasteiger partial charge in [-0.2, -0.15) is 5.26 Å². The molecule has 3 nitrogen and oxygen atoms in total. The zero-order valence-corrected chi connectivity index (χ0v) is 14.0. The lowest BCUT2D eigenvalue weighted by Crippen LogP contribution is -2.07. The molecule has 0 unspecified atom stereocenters. The third-order valence-corrected chi connectivity index (χ3v) is 5.27. The molecule has 0 aliphatic heterocycles. The van der Waals surface area contributed by atoms with E-state index in [1.807, 2.05) is 0 Å². The summed E-state index contributed by atoms with van der Waals surface area (Å²) in [7, 11) is 0. The molecule has 1 aliphatic carbocycles. The summed E-state index contributed by atoms with van der Waals surface area (Å²) >= 11 is 1.51. The number of benzene rings is 1. The van der Waals surface area contributed by atoms with E-state index in [1.165, 1.54) is 40.8 Å². The van der Waals surface area contributed by atoms with Gasteiger partial charge in [0.2, 0.25) is 5.91 Å². The largest absolute Gasteiger partial charge is 0.313 e. The number of anilines is 1. The number of rotatable bonds is 3. The fourth-order valence-electron chi connectivity index (χ4n) is 2.85. The van der Waals surface area contributed by atoms with Gasteiger partial charge in [-0.05, 0) is 55.0 Å². The molecule has 0 saturated carbocycles. The normalized spacial score (nSPS) is 14.0. The van der Waals surface area contributed by atoms with Crippen molar-refractivity contribution in [1.82, 2.24) is 0 Å². The fraction of sp³-hybridized carbons (Fsp3) is 0.263. The van der Waals surface area contributed by atoms with Gasteiger partial charge in [0.05, 0.1) is 5.56 Å². The van der Waals surface area contributed by atoms with Crippen LogP contribution in [-0.2, 0) is 17.6 Å². The molecule has 1 aromatic carbocycles. The van der Waals surface area contributed by atoms with E-state index < -0.39 is 0 Å². The number of amides is 1. The lowest BCUT2D eigenvalue weighted by Gasteiger charge is -2.01. The van der Waals surface area contributed by atoms with E-state index in [-0.39, 0.29) is 11.7 Å². The van der Waals surface area contributed by atoms with Crippen molar-refractivity contribution in [1.29, 1.82) is 5.26 Å². The number of nitrogens with zero attached hydrogens (tertiary/aromatic N) is 1. The molecule has 0 atom stereocenters. The highest BCUT2D eigenvalue weighted by Gasteiger charge is 2.20. The molecule has 1 amide bonds. The number of aryl methyl sites for hydroxylation is 1. The molecule has 0 spiro atoms. The molecule has 1 aromatic heterocycles. The first kappa shape index (κ1) is 16.4. The maximum Gasteiger partial charge on any atom is 0.249 e. The maximum atomic E-state index is 12.9. The van der Waals surface area contributed by atoms with E-state index >= 15 is 0 Å². The van der Waals surface area contributed by atoms with Crippen LogP contribution in [0.4, 0.5) is 9.39 Å². The first-order chi connectivity index (χ1) is 11.7. The van der Waals surface area contributed by atoms with Gasteiger partial charge in [0.1, 0.15) is 16.9 Å². The third kappa shape index (κ3) is 3.72. The van der Waals surface area contributed by atoms with Crippen molar-refractivity contribution in [3.63, 3.8) is 0 Å². The molecule has 2 aromatic rings. The minimum Gasteiger partial charge on any atom is -0.313 e. The summed E-state index contributed by atoms with van der Waals surface area (Å²) < 4.78 is 12.9. The van der Waals surface area contributed by atoms with E-state index in [1.54, 1.807) is 18.2 Å². The van der Waals surface area contributed by atoms with Crippen molar-refractivity contribution >= 4 is 28.3 Å². The number of carbonyl (C=O) groups excluding carboxylic acids is 1. The average Bonchev–Trinajstić information content (AvgIpc) is 2.74. The van der Waals surface area contributed by atoms with Gasteiger partial charge < -0.3 is 5.32 Å². The molecular formula is C19H17FN2OS. The van der Waals surface area contributed by atoms with Gasteiger partial charge in [-0.25, -0.2) is 4.39 Å². The first-order valence-electron chi connectivity index (χ1n) is 7.96. The van der Waals surface area contributed by atoms with Crippen LogP contribution < -0.4 is 5.32 Å². The van der Waals surface area contributed by atoms with Crippen molar-refractivity contribution in [3.05, 3.63) is 57.7 Å². The lowest BCUT2D eigenvalue weighted by atomic mass is 10.1. The van der Waals surface area contributed by atoms with Gasteiger partial charge in [0, 0.05) is 11.0 Å². The van der Waals surface area contributed by atoms with Crippen LogP contribution in [0.2, 0.25) is 0 Å². The fourth-order valence-corrected chi connectivity index (χ4v) is 4.09. The van der Waals surface area contributed by atoms with Crippen molar-refractivity contribution in [2.45, 2.75) is 32.1 Å². The highest BCUT2D eigenvalue weighted by Crippen LogP contribution is 2.36. The maximum absolute atomic E-state index is 12.9. The number of nitriles is 1. The molecule has 1 N–H and O–H groups in total. The number of carbonyl (C=O) groups is 1. The van der Waals surface area contributed by atoms with Crippen LogP contribution in [-0.4, -0.2) is 5.91 Å². The zero-order chi connectivity index (χ0) is 16.9. The molecule has 5 heteroatoms. The van der Waals surface area contributed by atoms with Crippen molar-refractivity contribution in [2.75, 3.05) is 5.32 Å². The van der Waals surface area contributed by atoms with Crippen LogP contribution in [0.3, 0.4) is 0 Å². The topological polar surface area (TPSA) is 52.9 Å². The Morgan fingerprint density at radius 2 is 1.96 bits per heavy atom. The van der Waals surface area contributed by atoms with E-state index in [2.05, 4.69) is 11.4 Å². The number of hydrogen-bond acceptors (Lipinski definition) is 3. The molecule has 0 saturated heterocycles. The highest BCUT2D eigenvalue weighted by molar-refractivity contribution is 7.16. The Morgan fingerprint density at radius 3 is 2.71 bits per heavy atom. The number of hydrogen-bond donors (Lipinski definition) is 1. The summed E-state index contributed by atoms with van der Waals surface area (Å²) in [6.45, 7) is 0. The molecular weight excluding hydrogens is 323 g/mol. The molecule has 0 fully saturated rings. The molecule has 3 rings (SSSR count). The zero-order valence-electron chi connectivity index (χ0n) is 13.1. The quantitative estimate of drug-likeness (QED) is 0.651. The summed E-state index contributed by atoms with van der Waals surface area (Å²) in [6, 6.07) is 8.15. The Bertz CT molecular complexity index is 815. The summed E-state index contributed by atoms with van der Waals surface area (Å²) in [6.07, 6.45) is 8.34. The smallest absolute Gasteiger partial charge is 0.249 e. The van der Waals surface area contributed by atoms with E-state index in [0.717, 1.165) is 36.8 Å². The molecule has 0 radical (unpaired) electrons. The Morgan fingerprint density at radius 1 is 1.21 bits per heavy atom. The number of nitrogens with one attached hydrogen (secondary N) is 1.